The van der Waals surface area contributed by atoms with Crippen LogP contribution in [-0.4, -0.2) is 28.2 Å². The Morgan fingerprint density at radius 2 is 1.83 bits per heavy atom. The molecule has 2 fully saturated rings. The zero-order chi connectivity index (χ0) is 15.8. The highest BCUT2D eigenvalue weighted by Gasteiger charge is 2.42. The number of nitrogens with zero attached hydrogens (tertiary/aromatic N) is 2. The predicted octanol–water partition coefficient (Wildman–Crippen LogP) is 3.00. The van der Waals surface area contributed by atoms with Crippen LogP contribution in [0, 0.1) is 5.92 Å². The molecule has 2 aromatic rings. The van der Waals surface area contributed by atoms with Crippen molar-refractivity contribution in [3.05, 3.63) is 54.2 Å². The molecule has 2 heterocycles. The second-order valence-corrected chi connectivity index (χ2v) is 6.34. The Hall–Kier alpha value is -2.49. The smallest absolute Gasteiger partial charge is 0.237 e. The van der Waals surface area contributed by atoms with Crippen molar-refractivity contribution in [3.8, 4) is 11.3 Å². The van der Waals surface area contributed by atoms with Gasteiger partial charge in [-0.05, 0) is 36.5 Å². The lowest BCUT2D eigenvalue weighted by atomic mass is 9.91. The summed E-state index contributed by atoms with van der Waals surface area (Å²) in [6.45, 7) is 0.597. The van der Waals surface area contributed by atoms with E-state index in [1.165, 1.54) is 4.90 Å². The van der Waals surface area contributed by atoms with Gasteiger partial charge in [0, 0.05) is 24.7 Å². The van der Waals surface area contributed by atoms with Crippen LogP contribution in [0.1, 0.15) is 30.7 Å². The number of imide groups is 1. The van der Waals surface area contributed by atoms with E-state index >= 15 is 0 Å². The lowest BCUT2D eigenvalue weighted by molar-refractivity contribution is -0.138. The number of likely N-dealkylation sites (tertiary alicyclic amines) is 1. The summed E-state index contributed by atoms with van der Waals surface area (Å²) in [5, 5.41) is 0. The molecule has 1 aromatic carbocycles. The highest BCUT2D eigenvalue weighted by atomic mass is 16.2. The Labute approximate surface area is 135 Å². The van der Waals surface area contributed by atoms with Crippen molar-refractivity contribution in [2.45, 2.75) is 25.2 Å². The first-order chi connectivity index (χ1) is 11.2. The van der Waals surface area contributed by atoms with Gasteiger partial charge in [-0.3, -0.25) is 19.5 Å². The molecule has 0 N–H and O–H groups in total. The number of amides is 2. The van der Waals surface area contributed by atoms with Crippen molar-refractivity contribution >= 4 is 11.8 Å². The molecule has 1 aliphatic heterocycles. The van der Waals surface area contributed by atoms with Crippen molar-refractivity contribution in [3.63, 3.8) is 0 Å². The summed E-state index contributed by atoms with van der Waals surface area (Å²) in [4.78, 5) is 30.9. The number of pyridine rings is 1. The topological polar surface area (TPSA) is 50.3 Å². The maximum Gasteiger partial charge on any atom is 0.237 e. The van der Waals surface area contributed by atoms with Crippen LogP contribution in [0.3, 0.4) is 0 Å². The van der Waals surface area contributed by atoms with Crippen LogP contribution < -0.4 is 0 Å². The van der Waals surface area contributed by atoms with Gasteiger partial charge in [0.2, 0.25) is 11.8 Å². The zero-order valence-electron chi connectivity index (χ0n) is 12.8. The van der Waals surface area contributed by atoms with E-state index in [1.54, 1.807) is 6.20 Å². The first kappa shape index (κ1) is 14.1. The molecule has 1 atom stereocenters. The average Bonchev–Trinajstić information content (AvgIpc) is 3.37. The van der Waals surface area contributed by atoms with E-state index in [4.69, 9.17) is 0 Å². The summed E-state index contributed by atoms with van der Waals surface area (Å²) in [5.74, 6) is 0.0557. The number of hydrogen-bond donors (Lipinski definition) is 0. The van der Waals surface area contributed by atoms with Gasteiger partial charge in [0.25, 0.3) is 0 Å². The van der Waals surface area contributed by atoms with Crippen LogP contribution in [0.2, 0.25) is 0 Å². The number of carbonyl (C=O) groups excluding carboxylic acids is 2. The highest BCUT2D eigenvalue weighted by Crippen LogP contribution is 2.38. The van der Waals surface area contributed by atoms with Crippen LogP contribution in [0.25, 0.3) is 11.3 Å². The molecule has 0 bridgehead atoms. The van der Waals surface area contributed by atoms with Crippen LogP contribution in [0.5, 0.6) is 0 Å². The molecular weight excluding hydrogens is 288 g/mol. The number of carbonyl (C=O) groups is 2. The minimum atomic E-state index is -0.376. The molecule has 0 unspecified atom stereocenters. The zero-order valence-corrected chi connectivity index (χ0v) is 12.8. The normalized spacial score (nSPS) is 21.0. The Balaban J connectivity index is 1.68. The first-order valence-electron chi connectivity index (χ1n) is 8.08. The van der Waals surface area contributed by atoms with Crippen molar-refractivity contribution < 1.29 is 9.59 Å². The fourth-order valence-electron chi connectivity index (χ4n) is 3.23. The van der Waals surface area contributed by atoms with Gasteiger partial charge in [-0.25, -0.2) is 0 Å². The van der Waals surface area contributed by atoms with Crippen LogP contribution in [0.15, 0.2) is 48.7 Å². The van der Waals surface area contributed by atoms with Crippen molar-refractivity contribution in [1.29, 1.82) is 0 Å². The largest absolute Gasteiger partial charge is 0.282 e. The van der Waals surface area contributed by atoms with Crippen molar-refractivity contribution in [2.75, 3.05) is 6.54 Å². The maximum atomic E-state index is 12.7. The van der Waals surface area contributed by atoms with E-state index in [0.717, 1.165) is 29.7 Å². The van der Waals surface area contributed by atoms with E-state index in [2.05, 4.69) is 4.98 Å². The molecule has 4 nitrogen and oxygen atoms in total. The van der Waals surface area contributed by atoms with Crippen LogP contribution >= 0.6 is 0 Å². The maximum absolute atomic E-state index is 12.7. The minimum absolute atomic E-state index is 0.0391. The third-order valence-electron chi connectivity index (χ3n) is 4.66. The number of benzene rings is 1. The fourth-order valence-corrected chi connectivity index (χ4v) is 3.23. The lowest BCUT2D eigenvalue weighted by Crippen LogP contribution is -2.32. The summed E-state index contributed by atoms with van der Waals surface area (Å²) >= 11 is 0. The van der Waals surface area contributed by atoms with Gasteiger partial charge >= 0.3 is 0 Å². The third-order valence-corrected chi connectivity index (χ3v) is 4.66. The van der Waals surface area contributed by atoms with Gasteiger partial charge in [-0.2, -0.15) is 0 Å². The monoisotopic (exact) mass is 306 g/mol. The van der Waals surface area contributed by atoms with Crippen molar-refractivity contribution in [1.82, 2.24) is 9.88 Å². The van der Waals surface area contributed by atoms with Crippen LogP contribution in [-0.2, 0) is 9.59 Å². The van der Waals surface area contributed by atoms with Gasteiger partial charge in [-0.1, -0.05) is 30.3 Å². The van der Waals surface area contributed by atoms with E-state index in [0.29, 0.717) is 12.5 Å². The van der Waals surface area contributed by atoms with Gasteiger partial charge in [0.05, 0.1) is 11.6 Å². The fraction of sp³-hybridized carbons (Fsp3) is 0.316. The molecule has 0 spiro atoms. The predicted molar refractivity (Wildman–Crippen MR) is 86.5 cm³/mol. The molecule has 0 radical (unpaired) electrons. The van der Waals surface area contributed by atoms with E-state index in [-0.39, 0.29) is 24.2 Å². The van der Waals surface area contributed by atoms with Gasteiger partial charge in [0.1, 0.15) is 0 Å². The lowest BCUT2D eigenvalue weighted by Gasteiger charge is -2.16. The molecule has 1 saturated carbocycles. The first-order valence-corrected chi connectivity index (χ1v) is 8.08. The standard InChI is InChI=1S/C19H18N2O2/c22-18-11-16(19(23)21(18)12-13-8-9-13)14-5-1-2-6-15(14)17-7-3-4-10-20-17/h1-7,10,13,16H,8-9,11-12H2/t16-/m1/s1. The van der Waals surface area contributed by atoms with E-state index in [9.17, 15) is 9.59 Å². The molecule has 116 valence electrons. The number of aromatic nitrogens is 1. The summed E-state index contributed by atoms with van der Waals surface area (Å²) < 4.78 is 0. The molecule has 1 aliphatic carbocycles. The SMILES string of the molecule is O=C1C[C@H](c2ccccc2-c2ccccn2)C(=O)N1CC1CC1. The Kier molecular flexibility index (Phi) is 3.45. The summed E-state index contributed by atoms with van der Waals surface area (Å²) in [6, 6.07) is 13.5. The molecule has 4 rings (SSSR count). The van der Waals surface area contributed by atoms with Crippen LogP contribution in [0.4, 0.5) is 0 Å². The Morgan fingerprint density at radius 3 is 2.57 bits per heavy atom. The number of rotatable bonds is 4. The average molecular weight is 306 g/mol. The molecule has 2 aliphatic rings. The molecule has 2 amide bonds. The van der Waals surface area contributed by atoms with Crippen molar-refractivity contribution in [2.24, 2.45) is 5.92 Å². The Bertz CT molecular complexity index is 753. The molecular formula is C19H18N2O2. The van der Waals surface area contributed by atoms with Gasteiger partial charge < -0.3 is 0 Å². The van der Waals surface area contributed by atoms with E-state index < -0.39 is 0 Å². The molecule has 4 heteroatoms. The minimum Gasteiger partial charge on any atom is -0.282 e. The molecule has 1 aromatic heterocycles. The van der Waals surface area contributed by atoms with E-state index in [1.807, 2.05) is 42.5 Å². The molecule has 23 heavy (non-hydrogen) atoms. The summed E-state index contributed by atoms with van der Waals surface area (Å²) in [5.41, 5.74) is 2.68. The summed E-state index contributed by atoms with van der Waals surface area (Å²) in [6.07, 6.45) is 4.28. The van der Waals surface area contributed by atoms with Gasteiger partial charge in [-0.15, -0.1) is 0 Å². The number of hydrogen-bond acceptors (Lipinski definition) is 3. The Morgan fingerprint density at radius 1 is 1.04 bits per heavy atom. The second-order valence-electron chi connectivity index (χ2n) is 6.34. The molecule has 1 saturated heterocycles. The highest BCUT2D eigenvalue weighted by molar-refractivity contribution is 6.06. The second kappa shape index (κ2) is 5.61. The quantitative estimate of drug-likeness (QED) is 0.816. The summed E-state index contributed by atoms with van der Waals surface area (Å²) in [7, 11) is 0. The third kappa shape index (κ3) is 2.65. The van der Waals surface area contributed by atoms with Gasteiger partial charge in [0.15, 0.2) is 0 Å².